The van der Waals surface area contributed by atoms with Gasteiger partial charge in [0.2, 0.25) is 0 Å². The van der Waals surface area contributed by atoms with Gasteiger partial charge in [0.15, 0.2) is 0 Å². The summed E-state index contributed by atoms with van der Waals surface area (Å²) in [5.74, 6) is 0.0222. The van der Waals surface area contributed by atoms with Crippen LogP contribution in [0.2, 0.25) is 0 Å². The van der Waals surface area contributed by atoms with E-state index < -0.39 is 0 Å². The highest BCUT2D eigenvalue weighted by molar-refractivity contribution is 5.69. The summed E-state index contributed by atoms with van der Waals surface area (Å²) in [5.41, 5.74) is 0. The second-order valence-electron chi connectivity index (χ2n) is 10.1. The van der Waals surface area contributed by atoms with Crippen LogP contribution in [0.4, 0.5) is 0 Å². The molecular formula is C32H64O2. The predicted molar refractivity (Wildman–Crippen MR) is 154 cm³/mol. The summed E-state index contributed by atoms with van der Waals surface area (Å²) in [6.45, 7) is 10.7. The van der Waals surface area contributed by atoms with Crippen molar-refractivity contribution in [2.24, 2.45) is 0 Å². The average Bonchev–Trinajstić information content (AvgIpc) is 2.85. The monoisotopic (exact) mass is 480 g/mol. The molecule has 0 radical (unpaired) electrons. The van der Waals surface area contributed by atoms with Crippen LogP contribution in [0.15, 0.2) is 12.7 Å². The SMILES string of the molecule is C=CCC.CCCCCCCCCCCCCCOC(=O)CCCCCCCCCCCCC. The van der Waals surface area contributed by atoms with E-state index in [1.54, 1.807) is 0 Å². The molecule has 0 aliphatic rings. The molecule has 34 heavy (non-hydrogen) atoms. The van der Waals surface area contributed by atoms with Gasteiger partial charge in [-0.15, -0.1) is 6.58 Å². The molecule has 2 heteroatoms. The first-order valence-electron chi connectivity index (χ1n) is 15.5. The van der Waals surface area contributed by atoms with Crippen molar-refractivity contribution in [2.75, 3.05) is 6.61 Å². The van der Waals surface area contributed by atoms with E-state index in [2.05, 4.69) is 27.4 Å². The zero-order chi connectivity index (χ0) is 25.4. The molecule has 0 N–H and O–H groups in total. The molecule has 204 valence electrons. The first-order chi connectivity index (χ1) is 16.7. The van der Waals surface area contributed by atoms with E-state index in [0.717, 1.165) is 19.3 Å². The maximum Gasteiger partial charge on any atom is 0.305 e. The second kappa shape index (κ2) is 34.4. The van der Waals surface area contributed by atoms with Gasteiger partial charge in [-0.3, -0.25) is 4.79 Å². The molecule has 0 aromatic heterocycles. The number of rotatable bonds is 26. The van der Waals surface area contributed by atoms with E-state index in [-0.39, 0.29) is 5.97 Å². The number of unbranched alkanes of at least 4 members (excludes halogenated alkanes) is 21. The van der Waals surface area contributed by atoms with E-state index in [0.29, 0.717) is 13.0 Å². The molecule has 0 unspecified atom stereocenters. The fourth-order valence-corrected chi connectivity index (χ4v) is 4.13. The molecule has 0 aromatic carbocycles. The molecule has 0 saturated carbocycles. The number of hydrogen-bond donors (Lipinski definition) is 0. The fraction of sp³-hybridized carbons (Fsp3) is 0.906. The van der Waals surface area contributed by atoms with Crippen LogP contribution in [0.3, 0.4) is 0 Å². The highest BCUT2D eigenvalue weighted by Gasteiger charge is 2.02. The smallest absolute Gasteiger partial charge is 0.305 e. The van der Waals surface area contributed by atoms with Gasteiger partial charge in [0.25, 0.3) is 0 Å². The number of carbonyl (C=O) groups is 1. The van der Waals surface area contributed by atoms with Crippen molar-refractivity contribution in [3.8, 4) is 0 Å². The van der Waals surface area contributed by atoms with Crippen LogP contribution in [-0.2, 0) is 9.53 Å². The normalized spacial score (nSPS) is 10.6. The van der Waals surface area contributed by atoms with Crippen LogP contribution in [0.1, 0.15) is 181 Å². The van der Waals surface area contributed by atoms with Crippen molar-refractivity contribution >= 4 is 5.97 Å². The van der Waals surface area contributed by atoms with Crippen molar-refractivity contribution < 1.29 is 9.53 Å². The van der Waals surface area contributed by atoms with Gasteiger partial charge in [-0.2, -0.15) is 0 Å². The average molecular weight is 481 g/mol. The zero-order valence-electron chi connectivity index (χ0n) is 24.0. The molecule has 0 fully saturated rings. The molecule has 0 heterocycles. The van der Waals surface area contributed by atoms with Gasteiger partial charge < -0.3 is 4.74 Å². The largest absolute Gasteiger partial charge is 0.466 e. The summed E-state index contributed by atoms with van der Waals surface area (Å²) in [6.07, 6.45) is 34.2. The first kappa shape index (κ1) is 35.4. The third-order valence-corrected chi connectivity index (χ3v) is 6.53. The molecule has 0 saturated heterocycles. The summed E-state index contributed by atoms with van der Waals surface area (Å²) in [4.78, 5) is 11.8. The summed E-state index contributed by atoms with van der Waals surface area (Å²) in [7, 11) is 0. The van der Waals surface area contributed by atoms with Crippen molar-refractivity contribution in [2.45, 2.75) is 181 Å². The molecule has 0 atom stereocenters. The quantitative estimate of drug-likeness (QED) is 0.0698. The Bertz CT molecular complexity index is 377. The third-order valence-electron chi connectivity index (χ3n) is 6.53. The van der Waals surface area contributed by atoms with Crippen LogP contribution in [0.25, 0.3) is 0 Å². The number of carbonyl (C=O) groups excluding carboxylic acids is 1. The summed E-state index contributed by atoms with van der Waals surface area (Å²) >= 11 is 0. The minimum atomic E-state index is 0.0222. The number of ether oxygens (including phenoxy) is 1. The topological polar surface area (TPSA) is 26.3 Å². The molecule has 2 nitrogen and oxygen atoms in total. The van der Waals surface area contributed by atoms with Crippen LogP contribution < -0.4 is 0 Å². The molecule has 0 spiro atoms. The minimum Gasteiger partial charge on any atom is -0.466 e. The van der Waals surface area contributed by atoms with E-state index in [1.165, 1.54) is 135 Å². The Labute approximate surface area is 216 Å². The minimum absolute atomic E-state index is 0.0222. The maximum atomic E-state index is 11.8. The van der Waals surface area contributed by atoms with Crippen LogP contribution in [0.5, 0.6) is 0 Å². The van der Waals surface area contributed by atoms with Gasteiger partial charge in [0.05, 0.1) is 6.61 Å². The summed E-state index contributed by atoms with van der Waals surface area (Å²) in [6, 6.07) is 0. The second-order valence-corrected chi connectivity index (χ2v) is 10.1. The third kappa shape index (κ3) is 35.8. The highest BCUT2D eigenvalue weighted by Crippen LogP contribution is 2.13. The first-order valence-corrected chi connectivity index (χ1v) is 15.5. The maximum absolute atomic E-state index is 11.8. The highest BCUT2D eigenvalue weighted by atomic mass is 16.5. The summed E-state index contributed by atoms with van der Waals surface area (Å²) < 4.78 is 5.39. The molecule has 0 aliphatic carbocycles. The van der Waals surface area contributed by atoms with E-state index >= 15 is 0 Å². The van der Waals surface area contributed by atoms with Gasteiger partial charge >= 0.3 is 5.97 Å². The zero-order valence-corrected chi connectivity index (χ0v) is 24.0. The molecular weight excluding hydrogens is 416 g/mol. The predicted octanol–water partition coefficient (Wildman–Crippen LogP) is 11.5. The van der Waals surface area contributed by atoms with Gasteiger partial charge in [-0.05, 0) is 19.3 Å². The van der Waals surface area contributed by atoms with Gasteiger partial charge in [0.1, 0.15) is 0 Å². The lowest BCUT2D eigenvalue weighted by atomic mass is 10.1. The Morgan fingerprint density at radius 2 is 0.824 bits per heavy atom. The Hall–Kier alpha value is -0.790. The number of hydrogen-bond acceptors (Lipinski definition) is 2. The number of esters is 1. The standard InChI is InChI=1S/C28H56O2.C4H8/c1-3-5-7-9-11-13-15-17-19-21-23-25-27-30-28(29)26-24-22-20-18-16-14-12-10-8-6-4-2;1-3-4-2/h3-27H2,1-2H3;3H,1,4H2,2H3. The van der Waals surface area contributed by atoms with Crippen molar-refractivity contribution in [1.29, 1.82) is 0 Å². The fourth-order valence-electron chi connectivity index (χ4n) is 4.13. The van der Waals surface area contributed by atoms with Crippen LogP contribution in [0, 0.1) is 0 Å². The van der Waals surface area contributed by atoms with Crippen molar-refractivity contribution in [1.82, 2.24) is 0 Å². The summed E-state index contributed by atoms with van der Waals surface area (Å²) in [5, 5.41) is 0. The lowest BCUT2D eigenvalue weighted by Gasteiger charge is -2.06. The van der Waals surface area contributed by atoms with E-state index in [9.17, 15) is 4.79 Å². The Balaban J connectivity index is 0. The van der Waals surface area contributed by atoms with Gasteiger partial charge in [-0.25, -0.2) is 0 Å². The Kier molecular flexibility index (Phi) is 35.8. The van der Waals surface area contributed by atoms with E-state index in [1.807, 2.05) is 6.08 Å². The van der Waals surface area contributed by atoms with Crippen LogP contribution in [-0.4, -0.2) is 12.6 Å². The van der Waals surface area contributed by atoms with Crippen molar-refractivity contribution in [3.05, 3.63) is 12.7 Å². The lowest BCUT2D eigenvalue weighted by molar-refractivity contribution is -0.143. The van der Waals surface area contributed by atoms with Crippen molar-refractivity contribution in [3.63, 3.8) is 0 Å². The molecule has 0 aromatic rings. The molecule has 0 aliphatic heterocycles. The van der Waals surface area contributed by atoms with E-state index in [4.69, 9.17) is 4.74 Å². The van der Waals surface area contributed by atoms with Crippen LogP contribution >= 0.6 is 0 Å². The molecule has 0 amide bonds. The molecule has 0 rings (SSSR count). The Morgan fingerprint density at radius 1 is 0.529 bits per heavy atom. The lowest BCUT2D eigenvalue weighted by Crippen LogP contribution is -2.05. The van der Waals surface area contributed by atoms with Gasteiger partial charge in [-0.1, -0.05) is 162 Å². The molecule has 0 bridgehead atoms. The number of allylic oxidation sites excluding steroid dienone is 1. The van der Waals surface area contributed by atoms with Gasteiger partial charge in [0, 0.05) is 6.42 Å². The Morgan fingerprint density at radius 3 is 1.15 bits per heavy atom.